The molecule has 1 aliphatic rings. The maximum atomic E-state index is 12.7. The molecule has 1 aliphatic heterocycles. The Kier molecular flexibility index (Phi) is 3.58. The second kappa shape index (κ2) is 4.88. The molecule has 0 saturated carbocycles. The Labute approximate surface area is 111 Å². The molecule has 19 heavy (non-hydrogen) atoms. The van der Waals surface area contributed by atoms with Crippen LogP contribution >= 0.6 is 0 Å². The van der Waals surface area contributed by atoms with Crippen molar-refractivity contribution in [3.63, 3.8) is 0 Å². The number of nitrogens with zero attached hydrogens (tertiary/aromatic N) is 2. The Hall–Kier alpha value is -1.50. The first-order valence-corrected chi connectivity index (χ1v) is 7.48. The maximum Gasteiger partial charge on any atom is 0.302 e. The van der Waals surface area contributed by atoms with Gasteiger partial charge in [-0.2, -0.15) is 8.42 Å². The third kappa shape index (κ3) is 3.28. The molecule has 0 N–H and O–H groups in total. The minimum absolute atomic E-state index is 0.0521. The van der Waals surface area contributed by atoms with Gasteiger partial charge in [0.15, 0.2) is 0 Å². The summed E-state index contributed by atoms with van der Waals surface area (Å²) in [6.45, 7) is 3.85. The van der Waals surface area contributed by atoms with E-state index in [1.807, 2.05) is 6.92 Å². The molecular formula is C12H15FN2O3S. The van der Waals surface area contributed by atoms with Crippen LogP contribution in [0.2, 0.25) is 0 Å². The summed E-state index contributed by atoms with van der Waals surface area (Å²) >= 11 is 0. The van der Waals surface area contributed by atoms with Crippen molar-refractivity contribution in [1.82, 2.24) is 4.98 Å². The van der Waals surface area contributed by atoms with E-state index < -0.39 is 21.9 Å². The molecule has 1 fully saturated rings. The summed E-state index contributed by atoms with van der Waals surface area (Å²) in [5.74, 6) is -1.29. The lowest BCUT2D eigenvalue weighted by Crippen LogP contribution is -2.26. The highest BCUT2D eigenvalue weighted by Crippen LogP contribution is 2.28. The molecule has 7 heteroatoms. The normalized spacial score (nSPS) is 20.1. The van der Waals surface area contributed by atoms with E-state index in [0.717, 1.165) is 5.69 Å². The lowest BCUT2D eigenvalue weighted by atomic mass is 10.1. The van der Waals surface area contributed by atoms with Crippen molar-refractivity contribution < 1.29 is 17.1 Å². The van der Waals surface area contributed by atoms with Gasteiger partial charge >= 0.3 is 10.2 Å². The summed E-state index contributed by atoms with van der Waals surface area (Å²) < 4.78 is 33.9. The van der Waals surface area contributed by atoms with Gasteiger partial charge in [0.05, 0.1) is 17.1 Å². The van der Waals surface area contributed by atoms with Gasteiger partial charge in [-0.15, -0.1) is 3.89 Å². The van der Waals surface area contributed by atoms with Gasteiger partial charge in [0, 0.05) is 24.6 Å². The monoisotopic (exact) mass is 286 g/mol. The third-order valence-electron chi connectivity index (χ3n) is 3.13. The van der Waals surface area contributed by atoms with Crippen molar-refractivity contribution in [2.75, 3.05) is 17.2 Å². The van der Waals surface area contributed by atoms with E-state index in [9.17, 15) is 17.1 Å². The molecule has 0 spiro atoms. The third-order valence-corrected chi connectivity index (χ3v) is 4.00. The van der Waals surface area contributed by atoms with E-state index in [1.165, 1.54) is 4.90 Å². The number of pyridine rings is 1. The number of aryl methyl sites for hydroxylation is 2. The second-order valence-corrected chi connectivity index (χ2v) is 6.25. The van der Waals surface area contributed by atoms with Crippen LogP contribution in [0.3, 0.4) is 0 Å². The van der Waals surface area contributed by atoms with E-state index in [1.54, 1.807) is 19.1 Å². The van der Waals surface area contributed by atoms with Crippen LogP contribution < -0.4 is 4.90 Å². The summed E-state index contributed by atoms with van der Waals surface area (Å²) in [7, 11) is -4.55. The molecule has 1 atom stereocenters. The number of anilines is 1. The van der Waals surface area contributed by atoms with Gasteiger partial charge < -0.3 is 4.90 Å². The molecule has 104 valence electrons. The van der Waals surface area contributed by atoms with Gasteiger partial charge in [0.1, 0.15) is 0 Å². The molecule has 0 radical (unpaired) electrons. The number of carbonyl (C=O) groups is 1. The van der Waals surface area contributed by atoms with Crippen LogP contribution in [-0.2, 0) is 15.0 Å². The highest BCUT2D eigenvalue weighted by atomic mass is 32.3. The number of carbonyl (C=O) groups excluding carboxylic acids is 1. The Morgan fingerprint density at radius 3 is 2.68 bits per heavy atom. The molecule has 0 bridgehead atoms. The minimum Gasteiger partial charge on any atom is -0.310 e. The first kappa shape index (κ1) is 13.9. The minimum atomic E-state index is -4.55. The van der Waals surface area contributed by atoms with Crippen molar-refractivity contribution in [1.29, 1.82) is 0 Å². The topological polar surface area (TPSA) is 67.3 Å². The molecule has 1 amide bonds. The average molecular weight is 286 g/mol. The zero-order chi connectivity index (χ0) is 14.2. The largest absolute Gasteiger partial charge is 0.310 e. The van der Waals surface area contributed by atoms with Crippen LogP contribution in [0.1, 0.15) is 17.8 Å². The highest BCUT2D eigenvalue weighted by molar-refractivity contribution is 7.86. The SMILES string of the molecule is Cc1ccc(N2CC(CS(=O)(=O)F)CC2=O)c(C)n1. The van der Waals surface area contributed by atoms with Crippen molar-refractivity contribution in [3.8, 4) is 0 Å². The molecule has 0 aromatic carbocycles. The van der Waals surface area contributed by atoms with Crippen LogP contribution in [0, 0.1) is 19.8 Å². The van der Waals surface area contributed by atoms with Gasteiger partial charge in [-0.25, -0.2) is 0 Å². The standard InChI is InChI=1S/C12H15FN2O3S/c1-8-3-4-11(9(2)14-8)15-6-10(5-12(15)16)7-19(13,17)18/h3-4,10H,5-7H2,1-2H3. The predicted molar refractivity (Wildman–Crippen MR) is 69.1 cm³/mol. The van der Waals surface area contributed by atoms with Gasteiger partial charge in [-0.05, 0) is 26.0 Å². The lowest BCUT2D eigenvalue weighted by Gasteiger charge is -2.18. The molecule has 0 aliphatic carbocycles. The maximum absolute atomic E-state index is 12.7. The summed E-state index contributed by atoms with van der Waals surface area (Å²) in [5.41, 5.74) is 2.21. The number of rotatable bonds is 3. The molecule has 5 nitrogen and oxygen atoms in total. The van der Waals surface area contributed by atoms with Crippen molar-refractivity contribution in [2.24, 2.45) is 5.92 Å². The van der Waals surface area contributed by atoms with E-state index in [2.05, 4.69) is 4.98 Å². The average Bonchev–Trinajstić information content (AvgIpc) is 2.56. The summed E-state index contributed by atoms with van der Waals surface area (Å²) in [6.07, 6.45) is 0.0521. The van der Waals surface area contributed by atoms with Gasteiger partial charge in [0.25, 0.3) is 0 Å². The predicted octanol–water partition coefficient (Wildman–Crippen LogP) is 1.35. The van der Waals surface area contributed by atoms with Crippen LogP contribution in [0.4, 0.5) is 9.57 Å². The molecule has 1 unspecified atom stereocenters. The molecule has 1 saturated heterocycles. The zero-order valence-corrected chi connectivity index (χ0v) is 11.6. The number of amides is 1. The smallest absolute Gasteiger partial charge is 0.302 e. The number of halogens is 1. The van der Waals surface area contributed by atoms with Gasteiger partial charge in [-0.1, -0.05) is 0 Å². The van der Waals surface area contributed by atoms with Crippen LogP contribution in [0.5, 0.6) is 0 Å². The number of aromatic nitrogens is 1. The number of hydrogen-bond acceptors (Lipinski definition) is 4. The summed E-state index contributed by atoms with van der Waals surface area (Å²) in [6, 6.07) is 3.57. The van der Waals surface area contributed by atoms with E-state index in [-0.39, 0.29) is 18.9 Å². The van der Waals surface area contributed by atoms with E-state index in [4.69, 9.17) is 0 Å². The second-order valence-electron chi connectivity index (χ2n) is 4.84. The van der Waals surface area contributed by atoms with E-state index >= 15 is 0 Å². The Morgan fingerprint density at radius 2 is 2.11 bits per heavy atom. The quantitative estimate of drug-likeness (QED) is 0.787. The van der Waals surface area contributed by atoms with Crippen LogP contribution in [0.15, 0.2) is 12.1 Å². The Bertz CT molecular complexity index is 615. The van der Waals surface area contributed by atoms with E-state index in [0.29, 0.717) is 11.4 Å². The van der Waals surface area contributed by atoms with Crippen molar-refractivity contribution >= 4 is 21.8 Å². The summed E-state index contributed by atoms with van der Waals surface area (Å²) in [5, 5.41) is 0. The van der Waals surface area contributed by atoms with Crippen LogP contribution in [-0.4, -0.2) is 31.6 Å². The lowest BCUT2D eigenvalue weighted by molar-refractivity contribution is -0.117. The molecule has 1 aromatic heterocycles. The van der Waals surface area contributed by atoms with Crippen LogP contribution in [0.25, 0.3) is 0 Å². The van der Waals surface area contributed by atoms with Gasteiger partial charge in [-0.3, -0.25) is 9.78 Å². The zero-order valence-electron chi connectivity index (χ0n) is 10.8. The molecule has 2 rings (SSSR count). The Balaban J connectivity index is 2.20. The molecular weight excluding hydrogens is 271 g/mol. The molecule has 1 aromatic rings. The van der Waals surface area contributed by atoms with Gasteiger partial charge in [0.2, 0.25) is 5.91 Å². The van der Waals surface area contributed by atoms with Crippen molar-refractivity contribution in [2.45, 2.75) is 20.3 Å². The number of hydrogen-bond donors (Lipinski definition) is 0. The first-order chi connectivity index (χ1) is 8.76. The molecule has 2 heterocycles. The first-order valence-electron chi connectivity index (χ1n) is 5.93. The van der Waals surface area contributed by atoms with Crippen molar-refractivity contribution in [3.05, 3.63) is 23.5 Å². The fraction of sp³-hybridized carbons (Fsp3) is 0.500. The fourth-order valence-electron chi connectivity index (χ4n) is 2.37. The summed E-state index contributed by atoms with van der Waals surface area (Å²) in [4.78, 5) is 17.6. The highest BCUT2D eigenvalue weighted by Gasteiger charge is 2.34. The fourth-order valence-corrected chi connectivity index (χ4v) is 3.16. The Morgan fingerprint density at radius 1 is 1.42 bits per heavy atom.